The first-order valence-electron chi connectivity index (χ1n) is 12.4. The van der Waals surface area contributed by atoms with Crippen LogP contribution in [-0.4, -0.2) is 33.5 Å². The number of fused-ring (bicyclic) bond motifs is 1. The van der Waals surface area contributed by atoms with Gasteiger partial charge in [0.1, 0.15) is 0 Å². The first-order chi connectivity index (χ1) is 18.4. The molecule has 3 N–H and O–H groups in total. The average molecular weight is 566 g/mol. The van der Waals surface area contributed by atoms with E-state index < -0.39 is 16.1 Å². The molecule has 0 spiro atoms. The van der Waals surface area contributed by atoms with Gasteiger partial charge in [0.25, 0.3) is 10.0 Å². The van der Waals surface area contributed by atoms with E-state index in [1.54, 1.807) is 30.3 Å². The number of carbonyl (C=O) groups excluding carboxylic acids is 2. The van der Waals surface area contributed by atoms with E-state index in [-0.39, 0.29) is 29.3 Å². The molecule has 0 aliphatic rings. The van der Waals surface area contributed by atoms with Crippen molar-refractivity contribution in [2.75, 3.05) is 17.8 Å². The van der Waals surface area contributed by atoms with Crippen LogP contribution in [-0.2, 0) is 20.2 Å². The highest BCUT2D eigenvalue weighted by molar-refractivity contribution is 7.92. The van der Waals surface area contributed by atoms with Crippen molar-refractivity contribution >= 4 is 49.1 Å². The number of amides is 2. The number of ether oxygens (including phenoxy) is 1. The minimum atomic E-state index is -3.82. The number of carbonyl (C=O) groups is 2. The molecule has 0 bridgehead atoms. The molecule has 2 amide bonds. The van der Waals surface area contributed by atoms with Gasteiger partial charge in [-0.3, -0.25) is 9.52 Å². The lowest BCUT2D eigenvalue weighted by atomic mass is 9.87. The van der Waals surface area contributed by atoms with E-state index in [0.717, 1.165) is 21.2 Å². The van der Waals surface area contributed by atoms with Gasteiger partial charge in [0.05, 0.1) is 4.90 Å². The van der Waals surface area contributed by atoms with Crippen LogP contribution in [0.15, 0.2) is 77.7 Å². The second-order valence-corrected chi connectivity index (χ2v) is 12.7. The molecule has 0 saturated heterocycles. The van der Waals surface area contributed by atoms with Crippen molar-refractivity contribution < 1.29 is 22.7 Å². The zero-order valence-electron chi connectivity index (χ0n) is 22.2. The maximum atomic E-state index is 13.2. The Kier molecular flexibility index (Phi) is 8.27. The Balaban J connectivity index is 1.63. The third-order valence-electron chi connectivity index (χ3n) is 5.95. The number of sulfonamides is 1. The summed E-state index contributed by atoms with van der Waals surface area (Å²) >= 11 is 1.29. The average Bonchev–Trinajstić information content (AvgIpc) is 3.23. The van der Waals surface area contributed by atoms with Crippen molar-refractivity contribution in [1.29, 1.82) is 0 Å². The lowest BCUT2D eigenvalue weighted by Gasteiger charge is -2.19. The minimum Gasteiger partial charge on any atom is -0.399 e. The Labute approximate surface area is 232 Å². The first kappa shape index (κ1) is 28.1. The van der Waals surface area contributed by atoms with Gasteiger partial charge in [-0.15, -0.1) is 0 Å². The number of hydrogen-bond donors (Lipinski definition) is 3. The van der Waals surface area contributed by atoms with E-state index in [0.29, 0.717) is 16.3 Å². The summed E-state index contributed by atoms with van der Waals surface area (Å²) in [5.41, 5.74) is 2.85. The molecule has 4 rings (SSSR count). The molecule has 0 aliphatic carbocycles. The number of thiophene rings is 1. The summed E-state index contributed by atoms with van der Waals surface area (Å²) in [7, 11) is -3.82. The SMILES string of the molecule is CC(=O)NCCNC(=O)Oc1sc2ccc(NS(=O)(=O)c3ccc(C(C)(C)C)cc3)cc2c1-c1ccccc1. The van der Waals surface area contributed by atoms with Crippen LogP contribution in [0.2, 0.25) is 0 Å². The molecule has 0 atom stereocenters. The smallest absolute Gasteiger partial charge is 0.399 e. The van der Waals surface area contributed by atoms with Crippen LogP contribution in [0.4, 0.5) is 10.5 Å². The molecule has 1 heterocycles. The van der Waals surface area contributed by atoms with Gasteiger partial charge in [-0.1, -0.05) is 74.6 Å². The Bertz CT molecular complexity index is 1590. The zero-order valence-corrected chi connectivity index (χ0v) is 23.8. The summed E-state index contributed by atoms with van der Waals surface area (Å²) < 4.78 is 35.5. The summed E-state index contributed by atoms with van der Waals surface area (Å²) in [6.45, 7) is 8.11. The van der Waals surface area contributed by atoms with Crippen molar-refractivity contribution in [3.63, 3.8) is 0 Å². The zero-order chi connectivity index (χ0) is 28.2. The van der Waals surface area contributed by atoms with Crippen molar-refractivity contribution in [2.24, 2.45) is 0 Å². The van der Waals surface area contributed by atoms with E-state index in [1.165, 1.54) is 18.3 Å². The largest absolute Gasteiger partial charge is 0.413 e. The molecule has 0 aliphatic heterocycles. The van der Waals surface area contributed by atoms with Crippen LogP contribution in [0, 0.1) is 0 Å². The van der Waals surface area contributed by atoms with Gasteiger partial charge in [0.2, 0.25) is 5.91 Å². The minimum absolute atomic E-state index is 0.0876. The fourth-order valence-electron chi connectivity index (χ4n) is 3.96. The Morgan fingerprint density at radius 3 is 2.21 bits per heavy atom. The van der Waals surface area contributed by atoms with Crippen LogP contribution in [0.5, 0.6) is 5.06 Å². The van der Waals surface area contributed by atoms with E-state index in [9.17, 15) is 18.0 Å². The maximum Gasteiger partial charge on any atom is 0.413 e. The number of nitrogens with one attached hydrogen (secondary N) is 3. The van der Waals surface area contributed by atoms with Crippen LogP contribution in [0.3, 0.4) is 0 Å². The Morgan fingerprint density at radius 2 is 1.56 bits per heavy atom. The van der Waals surface area contributed by atoms with Crippen molar-refractivity contribution in [1.82, 2.24) is 10.6 Å². The molecule has 0 unspecified atom stereocenters. The van der Waals surface area contributed by atoms with Crippen molar-refractivity contribution in [2.45, 2.75) is 38.0 Å². The van der Waals surface area contributed by atoms with Crippen molar-refractivity contribution in [3.8, 4) is 16.2 Å². The molecule has 0 fully saturated rings. The van der Waals surface area contributed by atoms with E-state index in [1.807, 2.05) is 42.5 Å². The van der Waals surface area contributed by atoms with Gasteiger partial charge in [-0.05, 0) is 46.9 Å². The van der Waals surface area contributed by atoms with Crippen molar-refractivity contribution in [3.05, 3.63) is 78.4 Å². The quantitative estimate of drug-likeness (QED) is 0.231. The molecular formula is C29H31N3O5S2. The monoisotopic (exact) mass is 565 g/mol. The number of anilines is 1. The molecule has 1 aromatic heterocycles. The summed E-state index contributed by atoms with van der Waals surface area (Å²) in [6.07, 6.45) is -0.649. The molecule has 10 heteroatoms. The van der Waals surface area contributed by atoms with Gasteiger partial charge >= 0.3 is 6.09 Å². The first-order valence-corrected chi connectivity index (χ1v) is 14.7. The molecular weight excluding hydrogens is 534 g/mol. The maximum absolute atomic E-state index is 13.2. The summed E-state index contributed by atoms with van der Waals surface area (Å²) in [6, 6.07) is 21.6. The summed E-state index contributed by atoms with van der Waals surface area (Å²) in [5.74, 6) is -0.186. The topological polar surface area (TPSA) is 114 Å². The summed E-state index contributed by atoms with van der Waals surface area (Å²) in [5, 5.41) is 6.36. The number of rotatable bonds is 8. The number of hydrogen-bond acceptors (Lipinski definition) is 6. The van der Waals surface area contributed by atoms with E-state index in [2.05, 4.69) is 36.1 Å². The van der Waals surface area contributed by atoms with Crippen LogP contribution < -0.4 is 20.1 Å². The predicted molar refractivity (Wildman–Crippen MR) is 156 cm³/mol. The van der Waals surface area contributed by atoms with Gasteiger partial charge in [-0.2, -0.15) is 0 Å². The van der Waals surface area contributed by atoms with E-state index in [4.69, 9.17) is 4.74 Å². The highest BCUT2D eigenvalue weighted by Gasteiger charge is 2.21. The second-order valence-electron chi connectivity index (χ2n) is 10.0. The fourth-order valence-corrected chi connectivity index (χ4v) is 6.06. The highest BCUT2D eigenvalue weighted by Crippen LogP contribution is 2.45. The number of benzene rings is 3. The Morgan fingerprint density at radius 1 is 0.897 bits per heavy atom. The lowest BCUT2D eigenvalue weighted by Crippen LogP contribution is -2.35. The molecule has 4 aromatic rings. The normalized spacial score (nSPS) is 11.7. The van der Waals surface area contributed by atoms with Crippen LogP contribution >= 0.6 is 11.3 Å². The Hall–Kier alpha value is -3.89. The fraction of sp³-hybridized carbons (Fsp3) is 0.241. The van der Waals surface area contributed by atoms with Gasteiger partial charge in [0.15, 0.2) is 5.06 Å². The second kappa shape index (κ2) is 11.5. The van der Waals surface area contributed by atoms with Gasteiger partial charge < -0.3 is 15.4 Å². The van der Waals surface area contributed by atoms with Gasteiger partial charge in [0, 0.05) is 41.4 Å². The molecule has 0 radical (unpaired) electrons. The van der Waals surface area contributed by atoms with E-state index >= 15 is 0 Å². The molecule has 3 aromatic carbocycles. The predicted octanol–water partition coefficient (Wildman–Crippen LogP) is 5.89. The van der Waals surface area contributed by atoms with Crippen LogP contribution in [0.25, 0.3) is 21.2 Å². The third kappa shape index (κ3) is 6.96. The van der Waals surface area contributed by atoms with Crippen LogP contribution in [0.1, 0.15) is 33.3 Å². The molecule has 8 nitrogen and oxygen atoms in total. The molecule has 0 saturated carbocycles. The highest BCUT2D eigenvalue weighted by atomic mass is 32.2. The lowest BCUT2D eigenvalue weighted by molar-refractivity contribution is -0.118. The summed E-state index contributed by atoms with van der Waals surface area (Å²) in [4.78, 5) is 23.7. The molecule has 204 valence electrons. The standard InChI is InChI=1S/C29H31N3O5S2/c1-19(33)30-16-17-31-28(34)37-27-26(20-8-6-5-7-9-20)24-18-22(12-15-25(24)38-27)32-39(35,36)23-13-10-21(11-14-23)29(2,3)4/h5-15,18,32H,16-17H2,1-4H3,(H,30,33)(H,31,34). The third-order valence-corrected chi connectivity index (χ3v) is 8.40. The van der Waals surface area contributed by atoms with Gasteiger partial charge in [-0.25, -0.2) is 13.2 Å². The molecule has 39 heavy (non-hydrogen) atoms.